The van der Waals surface area contributed by atoms with Gasteiger partial charge in [-0.3, -0.25) is 0 Å². The minimum atomic E-state index is 0.519. The molecule has 17 heavy (non-hydrogen) atoms. The SMILES string of the molecule is N#Cc1cccc(NCCc2ccsc2)c1N. The molecule has 2 aromatic rings. The zero-order valence-electron chi connectivity index (χ0n) is 9.31. The van der Waals surface area contributed by atoms with Crippen molar-refractivity contribution in [1.29, 1.82) is 5.26 Å². The van der Waals surface area contributed by atoms with Gasteiger partial charge in [0.1, 0.15) is 6.07 Å². The monoisotopic (exact) mass is 243 g/mol. The Morgan fingerprint density at radius 3 is 2.94 bits per heavy atom. The Morgan fingerprint density at radius 1 is 1.35 bits per heavy atom. The third-order valence-corrected chi connectivity index (χ3v) is 3.27. The molecular formula is C13H13N3S. The first-order chi connectivity index (χ1) is 8.31. The Morgan fingerprint density at radius 2 is 2.24 bits per heavy atom. The number of nitrogens with zero attached hydrogens (tertiary/aromatic N) is 1. The quantitative estimate of drug-likeness (QED) is 0.812. The van der Waals surface area contributed by atoms with Crippen LogP contribution in [-0.4, -0.2) is 6.54 Å². The minimum Gasteiger partial charge on any atom is -0.396 e. The molecule has 0 aliphatic carbocycles. The van der Waals surface area contributed by atoms with Crippen molar-refractivity contribution < 1.29 is 0 Å². The smallest absolute Gasteiger partial charge is 0.101 e. The summed E-state index contributed by atoms with van der Waals surface area (Å²) >= 11 is 1.70. The van der Waals surface area contributed by atoms with E-state index >= 15 is 0 Å². The van der Waals surface area contributed by atoms with E-state index in [1.807, 2.05) is 12.1 Å². The van der Waals surface area contributed by atoms with Crippen LogP contribution in [0.2, 0.25) is 0 Å². The Labute approximate surface area is 105 Å². The van der Waals surface area contributed by atoms with Crippen molar-refractivity contribution >= 4 is 22.7 Å². The Kier molecular flexibility index (Phi) is 3.63. The molecule has 3 nitrogen and oxygen atoms in total. The van der Waals surface area contributed by atoms with Gasteiger partial charge in [0.05, 0.1) is 16.9 Å². The highest BCUT2D eigenvalue weighted by Gasteiger charge is 2.03. The van der Waals surface area contributed by atoms with Crippen LogP contribution < -0.4 is 11.1 Å². The first kappa shape index (κ1) is 11.5. The molecule has 1 aromatic heterocycles. The van der Waals surface area contributed by atoms with E-state index < -0.39 is 0 Å². The van der Waals surface area contributed by atoms with Crippen molar-refractivity contribution in [2.75, 3.05) is 17.6 Å². The van der Waals surface area contributed by atoms with Crippen LogP contribution in [0.5, 0.6) is 0 Å². The average Bonchev–Trinajstić information content (AvgIpc) is 2.84. The Hall–Kier alpha value is -1.99. The normalized spacial score (nSPS) is 9.82. The molecule has 0 amide bonds. The summed E-state index contributed by atoms with van der Waals surface area (Å²) in [4.78, 5) is 0. The second-order valence-electron chi connectivity index (χ2n) is 3.69. The second-order valence-corrected chi connectivity index (χ2v) is 4.47. The van der Waals surface area contributed by atoms with Gasteiger partial charge < -0.3 is 11.1 Å². The summed E-state index contributed by atoms with van der Waals surface area (Å²) in [5.74, 6) is 0. The number of hydrogen-bond acceptors (Lipinski definition) is 4. The zero-order chi connectivity index (χ0) is 12.1. The molecule has 0 radical (unpaired) electrons. The lowest BCUT2D eigenvalue weighted by molar-refractivity contribution is 1.03. The molecule has 1 heterocycles. The van der Waals surface area contributed by atoms with E-state index in [4.69, 9.17) is 11.0 Å². The molecule has 3 N–H and O–H groups in total. The van der Waals surface area contributed by atoms with Gasteiger partial charge in [-0.15, -0.1) is 0 Å². The van der Waals surface area contributed by atoms with E-state index in [0.29, 0.717) is 11.3 Å². The summed E-state index contributed by atoms with van der Waals surface area (Å²) in [6, 6.07) is 9.64. The van der Waals surface area contributed by atoms with Crippen molar-refractivity contribution in [2.24, 2.45) is 0 Å². The van der Waals surface area contributed by atoms with Gasteiger partial charge in [0.2, 0.25) is 0 Å². The highest BCUT2D eigenvalue weighted by Crippen LogP contribution is 2.21. The third kappa shape index (κ3) is 2.77. The average molecular weight is 243 g/mol. The summed E-state index contributed by atoms with van der Waals surface area (Å²) in [6.07, 6.45) is 0.958. The van der Waals surface area contributed by atoms with E-state index in [-0.39, 0.29) is 0 Å². The number of hydrogen-bond donors (Lipinski definition) is 2. The van der Waals surface area contributed by atoms with Crippen molar-refractivity contribution in [2.45, 2.75) is 6.42 Å². The number of nitrogen functional groups attached to an aromatic ring is 1. The number of para-hydroxylation sites is 1. The van der Waals surface area contributed by atoms with Gasteiger partial charge in [-0.25, -0.2) is 0 Å². The highest BCUT2D eigenvalue weighted by molar-refractivity contribution is 7.07. The number of anilines is 2. The van der Waals surface area contributed by atoms with Crippen LogP contribution >= 0.6 is 11.3 Å². The summed E-state index contributed by atoms with van der Waals surface area (Å²) in [5.41, 5.74) is 9.07. The zero-order valence-corrected chi connectivity index (χ0v) is 10.1. The summed E-state index contributed by atoms with van der Waals surface area (Å²) in [5, 5.41) is 16.3. The fraction of sp³-hybridized carbons (Fsp3) is 0.154. The number of thiophene rings is 1. The lowest BCUT2D eigenvalue weighted by Crippen LogP contribution is -2.07. The predicted octanol–water partition coefficient (Wildman–Crippen LogP) is 2.86. The number of benzene rings is 1. The molecular weight excluding hydrogens is 230 g/mol. The maximum Gasteiger partial charge on any atom is 0.101 e. The first-order valence-electron chi connectivity index (χ1n) is 5.35. The fourth-order valence-electron chi connectivity index (χ4n) is 1.59. The van der Waals surface area contributed by atoms with Crippen LogP contribution in [0.1, 0.15) is 11.1 Å². The Balaban J connectivity index is 1.98. The third-order valence-electron chi connectivity index (χ3n) is 2.54. The van der Waals surface area contributed by atoms with E-state index in [9.17, 15) is 0 Å². The van der Waals surface area contributed by atoms with Crippen LogP contribution in [0.4, 0.5) is 11.4 Å². The first-order valence-corrected chi connectivity index (χ1v) is 6.29. The van der Waals surface area contributed by atoms with Gasteiger partial charge in [0.15, 0.2) is 0 Å². The van der Waals surface area contributed by atoms with Gasteiger partial charge in [0.25, 0.3) is 0 Å². The van der Waals surface area contributed by atoms with E-state index in [2.05, 4.69) is 28.2 Å². The molecule has 0 atom stereocenters. The number of nitriles is 1. The second kappa shape index (κ2) is 5.37. The van der Waals surface area contributed by atoms with Gasteiger partial charge >= 0.3 is 0 Å². The summed E-state index contributed by atoms with van der Waals surface area (Å²) < 4.78 is 0. The topological polar surface area (TPSA) is 61.8 Å². The lowest BCUT2D eigenvalue weighted by Gasteiger charge is -2.09. The van der Waals surface area contributed by atoms with Gasteiger partial charge in [0, 0.05) is 6.54 Å². The molecule has 0 aliphatic rings. The molecule has 0 saturated heterocycles. The van der Waals surface area contributed by atoms with Crippen LogP contribution in [0.3, 0.4) is 0 Å². The van der Waals surface area contributed by atoms with Gasteiger partial charge in [-0.05, 0) is 40.9 Å². The van der Waals surface area contributed by atoms with Gasteiger partial charge in [-0.1, -0.05) is 6.07 Å². The van der Waals surface area contributed by atoms with E-state index in [1.165, 1.54) is 5.56 Å². The largest absolute Gasteiger partial charge is 0.396 e. The predicted molar refractivity (Wildman–Crippen MR) is 72.1 cm³/mol. The van der Waals surface area contributed by atoms with Crippen LogP contribution in [0, 0.1) is 11.3 Å². The summed E-state index contributed by atoms with van der Waals surface area (Å²) in [7, 11) is 0. The molecule has 0 saturated carbocycles. The lowest BCUT2D eigenvalue weighted by atomic mass is 10.1. The summed E-state index contributed by atoms with van der Waals surface area (Å²) in [6.45, 7) is 0.815. The highest BCUT2D eigenvalue weighted by atomic mass is 32.1. The number of rotatable bonds is 4. The van der Waals surface area contributed by atoms with E-state index in [1.54, 1.807) is 17.4 Å². The molecule has 0 bridgehead atoms. The van der Waals surface area contributed by atoms with Crippen LogP contribution in [0.25, 0.3) is 0 Å². The Bertz CT molecular complexity index is 526. The standard InChI is InChI=1S/C13H13N3S/c14-8-11-2-1-3-12(13(11)15)16-6-4-10-5-7-17-9-10/h1-3,5,7,9,16H,4,6,15H2. The van der Waals surface area contributed by atoms with Gasteiger partial charge in [-0.2, -0.15) is 16.6 Å². The fourth-order valence-corrected chi connectivity index (χ4v) is 2.30. The van der Waals surface area contributed by atoms with Crippen molar-refractivity contribution in [1.82, 2.24) is 0 Å². The number of nitrogens with two attached hydrogens (primary N) is 1. The molecule has 86 valence electrons. The van der Waals surface area contributed by atoms with Crippen molar-refractivity contribution in [3.63, 3.8) is 0 Å². The maximum atomic E-state index is 8.86. The van der Waals surface area contributed by atoms with Crippen molar-refractivity contribution in [3.8, 4) is 6.07 Å². The minimum absolute atomic E-state index is 0.519. The maximum absolute atomic E-state index is 8.86. The number of nitrogens with one attached hydrogen (secondary N) is 1. The molecule has 0 unspecified atom stereocenters. The molecule has 1 aromatic carbocycles. The molecule has 0 aliphatic heterocycles. The molecule has 0 spiro atoms. The molecule has 2 rings (SSSR count). The van der Waals surface area contributed by atoms with Crippen LogP contribution in [0.15, 0.2) is 35.0 Å². The van der Waals surface area contributed by atoms with Crippen LogP contribution in [-0.2, 0) is 6.42 Å². The van der Waals surface area contributed by atoms with Crippen molar-refractivity contribution in [3.05, 3.63) is 46.2 Å². The van der Waals surface area contributed by atoms with E-state index in [0.717, 1.165) is 18.7 Å². The molecule has 4 heteroatoms. The molecule has 0 fully saturated rings.